The van der Waals surface area contributed by atoms with Gasteiger partial charge in [-0.15, -0.1) is 0 Å². The number of fused-ring (bicyclic) bond motifs is 1. The molecular weight excluding hydrogens is 376 g/mol. The third-order valence-electron chi connectivity index (χ3n) is 5.68. The van der Waals surface area contributed by atoms with Crippen LogP contribution in [0.15, 0.2) is 24.4 Å². The first-order chi connectivity index (χ1) is 14.4. The predicted octanol–water partition coefficient (Wildman–Crippen LogP) is 3.19. The summed E-state index contributed by atoms with van der Waals surface area (Å²) in [6.07, 6.45) is 6.97. The van der Waals surface area contributed by atoms with Crippen molar-refractivity contribution in [3.05, 3.63) is 46.9 Å². The second-order valence-electron chi connectivity index (χ2n) is 7.88. The summed E-state index contributed by atoms with van der Waals surface area (Å²) in [7, 11) is 2.02. The lowest BCUT2D eigenvalue weighted by atomic mass is 9.89. The molecule has 154 valence electrons. The van der Waals surface area contributed by atoms with E-state index in [4.69, 9.17) is 16.5 Å². The maximum atomic E-state index is 9.55. The standard InChI is InChI=1S/C22H26N8/c1-12-17(11-23)21(29-22(25)27-12)26-13(2)20-16(14-4-6-15(24)7-5-14)10-19-18(28-20)8-9-30(19)3/h4,8-10,13,15H,5-7,24H2,1-3H3,(H3,25,26,27,29). The lowest BCUT2D eigenvalue weighted by molar-refractivity contribution is 0.614. The number of pyridine rings is 1. The van der Waals surface area contributed by atoms with E-state index in [-0.39, 0.29) is 18.0 Å². The van der Waals surface area contributed by atoms with E-state index in [9.17, 15) is 5.26 Å². The van der Waals surface area contributed by atoms with Crippen LogP contribution in [0, 0.1) is 18.3 Å². The molecule has 3 heterocycles. The largest absolute Gasteiger partial charge is 0.368 e. The first kappa shape index (κ1) is 19.9. The number of nitrogens with one attached hydrogen (secondary N) is 1. The fraction of sp³-hybridized carbons (Fsp3) is 0.364. The van der Waals surface area contributed by atoms with Crippen LogP contribution in [0.4, 0.5) is 11.8 Å². The van der Waals surface area contributed by atoms with Crippen molar-refractivity contribution < 1.29 is 0 Å². The number of nitrogens with two attached hydrogens (primary N) is 2. The summed E-state index contributed by atoms with van der Waals surface area (Å²) in [6, 6.07) is 6.40. The van der Waals surface area contributed by atoms with Gasteiger partial charge in [0.25, 0.3) is 0 Å². The maximum Gasteiger partial charge on any atom is 0.222 e. The molecule has 1 aliphatic rings. The van der Waals surface area contributed by atoms with Crippen LogP contribution in [0.5, 0.6) is 0 Å². The quantitative estimate of drug-likeness (QED) is 0.610. The number of aryl methyl sites for hydroxylation is 2. The molecule has 5 N–H and O–H groups in total. The molecule has 0 aromatic carbocycles. The Hall–Kier alpha value is -3.44. The van der Waals surface area contributed by atoms with Crippen molar-refractivity contribution in [1.29, 1.82) is 5.26 Å². The zero-order valence-corrected chi connectivity index (χ0v) is 17.5. The number of hydrogen-bond donors (Lipinski definition) is 3. The predicted molar refractivity (Wildman–Crippen MR) is 118 cm³/mol. The summed E-state index contributed by atoms with van der Waals surface area (Å²) in [5.41, 5.74) is 18.1. The third-order valence-corrected chi connectivity index (χ3v) is 5.68. The van der Waals surface area contributed by atoms with Crippen LogP contribution < -0.4 is 16.8 Å². The van der Waals surface area contributed by atoms with Crippen molar-refractivity contribution >= 4 is 28.4 Å². The smallest absolute Gasteiger partial charge is 0.222 e. The van der Waals surface area contributed by atoms with Crippen LogP contribution in [-0.2, 0) is 7.05 Å². The van der Waals surface area contributed by atoms with Gasteiger partial charge in [0.1, 0.15) is 17.5 Å². The summed E-state index contributed by atoms with van der Waals surface area (Å²) < 4.78 is 2.07. The number of allylic oxidation sites excluding steroid dienone is 1. The zero-order valence-electron chi connectivity index (χ0n) is 17.5. The first-order valence-electron chi connectivity index (χ1n) is 10.1. The van der Waals surface area contributed by atoms with Crippen LogP contribution in [-0.4, -0.2) is 25.6 Å². The lowest BCUT2D eigenvalue weighted by Gasteiger charge is -2.23. The van der Waals surface area contributed by atoms with E-state index in [0.29, 0.717) is 17.1 Å². The molecule has 4 rings (SSSR count). The molecule has 0 bridgehead atoms. The van der Waals surface area contributed by atoms with Crippen molar-refractivity contribution in [3.8, 4) is 6.07 Å². The molecule has 0 aliphatic heterocycles. The number of nitrogens with zero attached hydrogens (tertiary/aromatic N) is 5. The highest BCUT2D eigenvalue weighted by Gasteiger charge is 2.22. The molecule has 3 aromatic rings. The van der Waals surface area contributed by atoms with E-state index in [1.807, 2.05) is 26.2 Å². The molecule has 0 saturated heterocycles. The van der Waals surface area contributed by atoms with Gasteiger partial charge in [0.2, 0.25) is 5.95 Å². The highest BCUT2D eigenvalue weighted by Crippen LogP contribution is 2.34. The van der Waals surface area contributed by atoms with Gasteiger partial charge in [-0.3, -0.25) is 0 Å². The highest BCUT2D eigenvalue weighted by atomic mass is 15.1. The Balaban J connectivity index is 1.80. The molecule has 2 atom stereocenters. The van der Waals surface area contributed by atoms with E-state index in [1.54, 1.807) is 6.92 Å². The lowest BCUT2D eigenvalue weighted by Crippen LogP contribution is -2.22. The number of nitriles is 1. The van der Waals surface area contributed by atoms with E-state index in [1.165, 1.54) is 5.57 Å². The van der Waals surface area contributed by atoms with Crippen molar-refractivity contribution in [2.45, 2.75) is 45.2 Å². The molecule has 0 saturated carbocycles. The molecule has 30 heavy (non-hydrogen) atoms. The van der Waals surface area contributed by atoms with Gasteiger partial charge in [0, 0.05) is 24.8 Å². The normalized spacial score (nSPS) is 17.4. The maximum absolute atomic E-state index is 9.55. The molecule has 8 nitrogen and oxygen atoms in total. The topological polar surface area (TPSA) is 131 Å². The van der Waals surface area contributed by atoms with Crippen LogP contribution in [0.25, 0.3) is 16.6 Å². The molecule has 0 fully saturated rings. The van der Waals surface area contributed by atoms with E-state index in [2.05, 4.69) is 38.1 Å². The summed E-state index contributed by atoms with van der Waals surface area (Å²) >= 11 is 0. The van der Waals surface area contributed by atoms with Crippen molar-refractivity contribution in [1.82, 2.24) is 19.5 Å². The number of anilines is 2. The molecule has 0 radical (unpaired) electrons. The Labute approximate surface area is 175 Å². The molecular formula is C22H26N8. The van der Waals surface area contributed by atoms with Crippen molar-refractivity contribution in [3.63, 3.8) is 0 Å². The van der Waals surface area contributed by atoms with Gasteiger partial charge in [0.15, 0.2) is 0 Å². The fourth-order valence-electron chi connectivity index (χ4n) is 3.99. The summed E-state index contributed by atoms with van der Waals surface area (Å²) in [5.74, 6) is 0.562. The second-order valence-corrected chi connectivity index (χ2v) is 7.88. The molecule has 3 aromatic heterocycles. The monoisotopic (exact) mass is 402 g/mol. The highest BCUT2D eigenvalue weighted by molar-refractivity contribution is 5.82. The molecule has 8 heteroatoms. The number of rotatable bonds is 4. The number of aromatic nitrogens is 4. The van der Waals surface area contributed by atoms with Crippen molar-refractivity contribution in [2.24, 2.45) is 12.8 Å². The van der Waals surface area contributed by atoms with Gasteiger partial charge < -0.3 is 21.4 Å². The minimum absolute atomic E-state index is 0.136. The van der Waals surface area contributed by atoms with E-state index in [0.717, 1.165) is 41.6 Å². The first-order valence-corrected chi connectivity index (χ1v) is 10.1. The Morgan fingerprint density at radius 2 is 2.13 bits per heavy atom. The Morgan fingerprint density at radius 1 is 1.33 bits per heavy atom. The molecule has 1 aliphatic carbocycles. The SMILES string of the molecule is Cc1nc(N)nc(NC(C)c2nc3ccn(C)c3cc2C2=CCC(N)CC2)c1C#N. The molecule has 0 amide bonds. The minimum atomic E-state index is -0.193. The Bertz CT molecular complexity index is 1180. The summed E-state index contributed by atoms with van der Waals surface area (Å²) in [4.78, 5) is 13.3. The zero-order chi connectivity index (χ0) is 21.4. The minimum Gasteiger partial charge on any atom is -0.368 e. The van der Waals surface area contributed by atoms with Gasteiger partial charge in [0.05, 0.1) is 28.5 Å². The summed E-state index contributed by atoms with van der Waals surface area (Å²) in [5, 5.41) is 12.9. The third kappa shape index (κ3) is 3.60. The van der Waals surface area contributed by atoms with Crippen LogP contribution in [0.2, 0.25) is 0 Å². The number of hydrogen-bond acceptors (Lipinski definition) is 7. The van der Waals surface area contributed by atoms with Gasteiger partial charge in [-0.1, -0.05) is 6.08 Å². The van der Waals surface area contributed by atoms with Gasteiger partial charge >= 0.3 is 0 Å². The Morgan fingerprint density at radius 3 is 2.83 bits per heavy atom. The number of nitrogen functional groups attached to an aromatic ring is 1. The van der Waals surface area contributed by atoms with Crippen molar-refractivity contribution in [2.75, 3.05) is 11.1 Å². The van der Waals surface area contributed by atoms with Crippen LogP contribution in [0.1, 0.15) is 54.7 Å². The Kier molecular flexibility index (Phi) is 5.14. The average Bonchev–Trinajstić information content (AvgIpc) is 3.07. The van der Waals surface area contributed by atoms with Crippen LogP contribution >= 0.6 is 0 Å². The second kappa shape index (κ2) is 7.76. The van der Waals surface area contributed by atoms with Crippen LogP contribution in [0.3, 0.4) is 0 Å². The van der Waals surface area contributed by atoms with E-state index >= 15 is 0 Å². The molecule has 0 spiro atoms. The fourth-order valence-corrected chi connectivity index (χ4v) is 3.99. The van der Waals surface area contributed by atoms with Gasteiger partial charge in [-0.05, 0) is 50.8 Å². The molecule has 2 unspecified atom stereocenters. The average molecular weight is 403 g/mol. The summed E-state index contributed by atoms with van der Waals surface area (Å²) in [6.45, 7) is 3.77. The van der Waals surface area contributed by atoms with Gasteiger partial charge in [-0.2, -0.15) is 10.2 Å². The van der Waals surface area contributed by atoms with Gasteiger partial charge in [-0.25, -0.2) is 9.97 Å². The van der Waals surface area contributed by atoms with E-state index < -0.39 is 0 Å².